The van der Waals surface area contributed by atoms with Gasteiger partial charge in [0.05, 0.1) is 24.5 Å². The Morgan fingerprint density at radius 1 is 1.21 bits per heavy atom. The Hall–Kier alpha value is -2.64. The lowest BCUT2D eigenvalue weighted by Gasteiger charge is -2.14. The first-order chi connectivity index (χ1) is 11.6. The highest BCUT2D eigenvalue weighted by Gasteiger charge is 2.12. The Kier molecular flexibility index (Phi) is 4.93. The van der Waals surface area contributed by atoms with E-state index in [1.807, 2.05) is 0 Å². The van der Waals surface area contributed by atoms with Gasteiger partial charge in [-0.1, -0.05) is 29.8 Å². The largest absolute Gasteiger partial charge is 0.387 e. The zero-order valence-corrected chi connectivity index (χ0v) is 13.4. The van der Waals surface area contributed by atoms with Gasteiger partial charge in [0.25, 0.3) is 0 Å². The highest BCUT2D eigenvalue weighted by Crippen LogP contribution is 2.21. The minimum absolute atomic E-state index is 0.0586. The van der Waals surface area contributed by atoms with Gasteiger partial charge in [0.15, 0.2) is 5.65 Å². The number of aliphatic hydroxyl groups is 1. The third-order valence-corrected chi connectivity index (χ3v) is 3.86. The van der Waals surface area contributed by atoms with Gasteiger partial charge in [-0.05, 0) is 12.1 Å². The number of nitrogens with one attached hydrogen (secondary N) is 2. The lowest BCUT2D eigenvalue weighted by Crippen LogP contribution is -2.37. The number of hydrogen-bond donors (Lipinski definition) is 3. The minimum atomic E-state index is -0.872. The number of urea groups is 1. The van der Waals surface area contributed by atoms with E-state index in [1.54, 1.807) is 53.3 Å². The maximum atomic E-state index is 11.9. The van der Waals surface area contributed by atoms with Crippen LogP contribution >= 0.6 is 11.6 Å². The van der Waals surface area contributed by atoms with E-state index in [0.29, 0.717) is 16.2 Å². The summed E-state index contributed by atoms with van der Waals surface area (Å²) in [6.07, 6.45) is 2.43. The molecule has 0 fully saturated rings. The molecule has 0 aliphatic carbocycles. The highest BCUT2D eigenvalue weighted by molar-refractivity contribution is 6.31. The summed E-state index contributed by atoms with van der Waals surface area (Å²) in [5.74, 6) is 0. The zero-order chi connectivity index (χ0) is 16.9. The Morgan fingerprint density at radius 2 is 2.04 bits per heavy atom. The van der Waals surface area contributed by atoms with Crippen LogP contribution in [0, 0.1) is 0 Å². The fourth-order valence-electron chi connectivity index (χ4n) is 2.30. The molecule has 8 heteroatoms. The van der Waals surface area contributed by atoms with Gasteiger partial charge in [0.2, 0.25) is 0 Å². The first-order valence-corrected chi connectivity index (χ1v) is 7.75. The van der Waals surface area contributed by atoms with E-state index in [1.165, 1.54) is 0 Å². The summed E-state index contributed by atoms with van der Waals surface area (Å²) in [6, 6.07) is 10.1. The molecule has 2 aromatic heterocycles. The number of aliphatic hydroxyl groups excluding tert-OH is 1. The Labute approximate surface area is 143 Å². The summed E-state index contributed by atoms with van der Waals surface area (Å²) in [7, 11) is 0. The maximum Gasteiger partial charge on any atom is 0.315 e. The minimum Gasteiger partial charge on any atom is -0.387 e. The molecule has 0 saturated carbocycles. The molecule has 0 aliphatic heterocycles. The van der Waals surface area contributed by atoms with Crippen molar-refractivity contribution in [2.24, 2.45) is 0 Å². The predicted octanol–water partition coefficient (Wildman–Crippen LogP) is 1.92. The number of hydrogen-bond acceptors (Lipinski definition) is 4. The number of benzene rings is 1. The molecule has 3 rings (SSSR count). The molecule has 24 heavy (non-hydrogen) atoms. The standard InChI is InChI=1S/C16H16ClN5O2/c17-13-4-2-1-3-12(13)14(23)10-20-16(24)19-9-11-5-7-18-15-6-8-21-22(11)15/h1-8,14,23H,9-10H2,(H2,19,20,24). The van der Waals surface area contributed by atoms with E-state index in [-0.39, 0.29) is 13.1 Å². The Morgan fingerprint density at radius 3 is 2.88 bits per heavy atom. The average molecular weight is 346 g/mol. The van der Waals surface area contributed by atoms with Gasteiger partial charge in [0.1, 0.15) is 0 Å². The number of fused-ring (bicyclic) bond motifs is 1. The highest BCUT2D eigenvalue weighted by atomic mass is 35.5. The molecule has 3 N–H and O–H groups in total. The molecule has 0 bridgehead atoms. The summed E-state index contributed by atoms with van der Waals surface area (Å²) >= 11 is 6.02. The van der Waals surface area contributed by atoms with Crippen LogP contribution in [0.15, 0.2) is 48.8 Å². The van der Waals surface area contributed by atoms with Gasteiger partial charge < -0.3 is 15.7 Å². The average Bonchev–Trinajstić information content (AvgIpc) is 3.07. The van der Waals surface area contributed by atoms with Crippen molar-refractivity contribution < 1.29 is 9.90 Å². The van der Waals surface area contributed by atoms with E-state index in [0.717, 1.165) is 5.69 Å². The number of aromatic nitrogens is 3. The van der Waals surface area contributed by atoms with Crippen molar-refractivity contribution >= 4 is 23.3 Å². The van der Waals surface area contributed by atoms with Crippen LogP contribution in [0.3, 0.4) is 0 Å². The summed E-state index contributed by atoms with van der Waals surface area (Å²) in [4.78, 5) is 16.1. The SMILES string of the molecule is O=C(NCc1ccnc2ccnn12)NCC(O)c1ccccc1Cl. The second-order valence-corrected chi connectivity index (χ2v) is 5.55. The number of amides is 2. The van der Waals surface area contributed by atoms with Crippen LogP contribution in [0.1, 0.15) is 17.4 Å². The van der Waals surface area contributed by atoms with E-state index in [4.69, 9.17) is 11.6 Å². The molecule has 0 spiro atoms. The van der Waals surface area contributed by atoms with E-state index in [9.17, 15) is 9.90 Å². The van der Waals surface area contributed by atoms with E-state index in [2.05, 4.69) is 20.7 Å². The van der Waals surface area contributed by atoms with Crippen LogP contribution in [-0.2, 0) is 6.54 Å². The second kappa shape index (κ2) is 7.29. The van der Waals surface area contributed by atoms with Crippen LogP contribution < -0.4 is 10.6 Å². The fraction of sp³-hybridized carbons (Fsp3) is 0.188. The number of carbonyl (C=O) groups excluding carboxylic acids is 1. The third-order valence-electron chi connectivity index (χ3n) is 3.52. The van der Waals surface area contributed by atoms with E-state index >= 15 is 0 Å². The van der Waals surface area contributed by atoms with Crippen LogP contribution in [-0.4, -0.2) is 32.3 Å². The summed E-state index contributed by atoms with van der Waals surface area (Å²) in [6.45, 7) is 0.345. The summed E-state index contributed by atoms with van der Waals surface area (Å²) < 4.78 is 1.65. The van der Waals surface area contributed by atoms with Crippen molar-refractivity contribution in [1.82, 2.24) is 25.2 Å². The van der Waals surface area contributed by atoms with Crippen molar-refractivity contribution in [3.8, 4) is 0 Å². The predicted molar refractivity (Wildman–Crippen MR) is 89.6 cm³/mol. The summed E-state index contributed by atoms with van der Waals surface area (Å²) in [5.41, 5.74) is 2.09. The number of nitrogens with zero attached hydrogens (tertiary/aromatic N) is 3. The first-order valence-electron chi connectivity index (χ1n) is 7.37. The van der Waals surface area contributed by atoms with E-state index < -0.39 is 12.1 Å². The normalized spacial score (nSPS) is 12.1. The molecule has 7 nitrogen and oxygen atoms in total. The van der Waals surface area contributed by atoms with Crippen molar-refractivity contribution in [2.45, 2.75) is 12.6 Å². The Bertz CT molecular complexity index is 851. The number of carbonyl (C=O) groups is 1. The van der Waals surface area contributed by atoms with Gasteiger partial charge in [-0.25, -0.2) is 14.3 Å². The molecular formula is C16H16ClN5O2. The lowest BCUT2D eigenvalue weighted by molar-refractivity contribution is 0.173. The first kappa shape index (κ1) is 16.2. The molecule has 1 atom stereocenters. The van der Waals surface area contributed by atoms with Gasteiger partial charge in [-0.2, -0.15) is 5.10 Å². The van der Waals surface area contributed by atoms with Crippen LogP contribution in [0.2, 0.25) is 5.02 Å². The van der Waals surface area contributed by atoms with Crippen molar-refractivity contribution in [3.05, 3.63) is 65.1 Å². The number of halogens is 1. The molecule has 1 unspecified atom stereocenters. The molecular weight excluding hydrogens is 330 g/mol. The number of rotatable bonds is 5. The van der Waals surface area contributed by atoms with Crippen LogP contribution in [0.4, 0.5) is 4.79 Å². The van der Waals surface area contributed by atoms with Gasteiger partial charge in [-0.3, -0.25) is 0 Å². The molecule has 3 aromatic rings. The maximum absolute atomic E-state index is 11.9. The summed E-state index contributed by atoms with van der Waals surface area (Å²) in [5, 5.41) is 20.0. The molecule has 1 aromatic carbocycles. The quantitative estimate of drug-likeness (QED) is 0.658. The van der Waals surface area contributed by atoms with Crippen molar-refractivity contribution in [1.29, 1.82) is 0 Å². The van der Waals surface area contributed by atoms with Crippen molar-refractivity contribution in [2.75, 3.05) is 6.54 Å². The van der Waals surface area contributed by atoms with Gasteiger partial charge >= 0.3 is 6.03 Å². The monoisotopic (exact) mass is 345 g/mol. The van der Waals surface area contributed by atoms with Gasteiger partial charge in [0, 0.05) is 29.4 Å². The molecule has 124 valence electrons. The second-order valence-electron chi connectivity index (χ2n) is 5.14. The zero-order valence-electron chi connectivity index (χ0n) is 12.7. The van der Waals surface area contributed by atoms with Gasteiger partial charge in [-0.15, -0.1) is 0 Å². The van der Waals surface area contributed by atoms with Crippen LogP contribution in [0.5, 0.6) is 0 Å². The molecule has 2 amide bonds. The molecule has 0 aliphatic rings. The smallest absolute Gasteiger partial charge is 0.315 e. The van der Waals surface area contributed by atoms with Crippen LogP contribution in [0.25, 0.3) is 5.65 Å². The topological polar surface area (TPSA) is 91.6 Å². The fourth-order valence-corrected chi connectivity index (χ4v) is 2.56. The third kappa shape index (κ3) is 3.64. The van der Waals surface area contributed by atoms with Crippen molar-refractivity contribution in [3.63, 3.8) is 0 Å². The molecule has 0 radical (unpaired) electrons. The Balaban J connectivity index is 1.53. The molecule has 2 heterocycles. The molecule has 0 saturated heterocycles. The lowest BCUT2D eigenvalue weighted by atomic mass is 10.1.